The van der Waals surface area contributed by atoms with E-state index in [0.29, 0.717) is 0 Å². The standard InChI is InChI=1S/C16H31NO10S/c1-6(19)17-9-11(21)10(20)8(5-28)26-15(9)27-14-12(22)16(24-3)25-7(4-18)13(14)23-2/h6-22,28H,4-5H2,1-3H3. The van der Waals surface area contributed by atoms with Gasteiger partial charge in [0.25, 0.3) is 0 Å². The molecule has 11 atom stereocenters. The van der Waals surface area contributed by atoms with E-state index in [-0.39, 0.29) is 5.75 Å². The van der Waals surface area contributed by atoms with Crippen LogP contribution in [-0.4, -0.2) is 120 Å². The van der Waals surface area contributed by atoms with E-state index in [9.17, 15) is 25.5 Å². The van der Waals surface area contributed by atoms with Crippen molar-refractivity contribution < 1.29 is 49.2 Å². The third-order valence-electron chi connectivity index (χ3n) is 4.90. The molecule has 6 N–H and O–H groups in total. The normalized spacial score (nSPS) is 45.8. The van der Waals surface area contributed by atoms with E-state index < -0.39 is 74.2 Å². The lowest BCUT2D eigenvalue weighted by atomic mass is 9.95. The van der Waals surface area contributed by atoms with Gasteiger partial charge in [-0.1, -0.05) is 0 Å². The number of thiol groups is 1. The van der Waals surface area contributed by atoms with Crippen LogP contribution in [0.15, 0.2) is 0 Å². The summed E-state index contributed by atoms with van der Waals surface area (Å²) in [5.74, 6) is 0.101. The zero-order valence-corrected chi connectivity index (χ0v) is 16.9. The van der Waals surface area contributed by atoms with Gasteiger partial charge < -0.3 is 49.2 Å². The zero-order chi connectivity index (χ0) is 21.0. The molecule has 0 amide bonds. The average Bonchev–Trinajstić information content (AvgIpc) is 2.68. The van der Waals surface area contributed by atoms with E-state index in [0.717, 1.165) is 0 Å². The van der Waals surface area contributed by atoms with Crippen molar-refractivity contribution in [2.75, 3.05) is 26.6 Å². The Bertz CT molecular complexity index is 475. The van der Waals surface area contributed by atoms with Gasteiger partial charge in [0, 0.05) is 20.0 Å². The molecule has 0 aliphatic carbocycles. The molecule has 0 aromatic rings. The summed E-state index contributed by atoms with van der Waals surface area (Å²) in [5.41, 5.74) is 0. The predicted molar refractivity (Wildman–Crippen MR) is 97.6 cm³/mol. The first-order valence-corrected chi connectivity index (χ1v) is 9.64. The van der Waals surface area contributed by atoms with Crippen molar-refractivity contribution in [3.63, 3.8) is 0 Å². The lowest BCUT2D eigenvalue weighted by Crippen LogP contribution is -2.68. The largest absolute Gasteiger partial charge is 0.394 e. The minimum atomic E-state index is -1.34. The molecule has 2 heterocycles. The molecule has 2 aliphatic heterocycles. The summed E-state index contributed by atoms with van der Waals surface area (Å²) in [6, 6.07) is -1.02. The van der Waals surface area contributed by atoms with Crippen LogP contribution in [0.4, 0.5) is 0 Å². The summed E-state index contributed by atoms with van der Waals surface area (Å²) in [5, 5.41) is 53.2. The summed E-state index contributed by atoms with van der Waals surface area (Å²) in [6.07, 6.45) is -10.8. The third-order valence-corrected chi connectivity index (χ3v) is 5.26. The highest BCUT2D eigenvalue weighted by Gasteiger charge is 2.51. The van der Waals surface area contributed by atoms with Crippen LogP contribution in [0.2, 0.25) is 0 Å². The fourth-order valence-electron chi connectivity index (χ4n) is 3.49. The van der Waals surface area contributed by atoms with Crippen LogP contribution in [0.1, 0.15) is 6.92 Å². The van der Waals surface area contributed by atoms with Crippen molar-refractivity contribution in [2.45, 2.75) is 74.5 Å². The van der Waals surface area contributed by atoms with E-state index in [1.165, 1.54) is 21.1 Å². The van der Waals surface area contributed by atoms with Crippen LogP contribution < -0.4 is 5.32 Å². The van der Waals surface area contributed by atoms with Gasteiger partial charge in [-0.15, -0.1) is 0 Å². The van der Waals surface area contributed by atoms with Crippen molar-refractivity contribution >= 4 is 12.6 Å². The third kappa shape index (κ3) is 5.14. The van der Waals surface area contributed by atoms with Gasteiger partial charge in [0.05, 0.1) is 18.8 Å². The minimum Gasteiger partial charge on any atom is -0.394 e. The van der Waals surface area contributed by atoms with Gasteiger partial charge in [-0.3, -0.25) is 5.32 Å². The first-order valence-electron chi connectivity index (χ1n) is 9.01. The Morgan fingerprint density at radius 2 is 1.61 bits per heavy atom. The van der Waals surface area contributed by atoms with Crippen molar-refractivity contribution in [3.8, 4) is 0 Å². The van der Waals surface area contributed by atoms with Crippen LogP contribution in [0.5, 0.6) is 0 Å². The number of hydrogen-bond acceptors (Lipinski definition) is 12. The fourth-order valence-corrected chi connectivity index (χ4v) is 3.79. The highest BCUT2D eigenvalue weighted by molar-refractivity contribution is 7.80. The van der Waals surface area contributed by atoms with Crippen molar-refractivity contribution in [3.05, 3.63) is 0 Å². The molecule has 2 aliphatic rings. The molecule has 0 spiro atoms. The maximum absolute atomic E-state index is 10.6. The van der Waals surface area contributed by atoms with E-state index in [2.05, 4.69) is 17.9 Å². The van der Waals surface area contributed by atoms with E-state index >= 15 is 0 Å². The van der Waals surface area contributed by atoms with Gasteiger partial charge in [-0.25, -0.2) is 0 Å². The van der Waals surface area contributed by atoms with Crippen LogP contribution in [-0.2, 0) is 23.7 Å². The predicted octanol–water partition coefficient (Wildman–Crippen LogP) is -3.22. The van der Waals surface area contributed by atoms with Crippen LogP contribution in [0, 0.1) is 0 Å². The molecule has 11 unspecified atom stereocenters. The van der Waals surface area contributed by atoms with Gasteiger partial charge in [0.15, 0.2) is 12.6 Å². The Morgan fingerprint density at radius 3 is 2.11 bits per heavy atom. The molecule has 11 nitrogen and oxygen atoms in total. The van der Waals surface area contributed by atoms with Gasteiger partial charge in [-0.05, 0) is 6.92 Å². The lowest BCUT2D eigenvalue weighted by molar-refractivity contribution is -0.345. The van der Waals surface area contributed by atoms with E-state index in [1.54, 1.807) is 0 Å². The maximum Gasteiger partial charge on any atom is 0.186 e. The number of ether oxygens (including phenoxy) is 5. The van der Waals surface area contributed by atoms with Gasteiger partial charge in [0.2, 0.25) is 0 Å². The second-order valence-electron chi connectivity index (χ2n) is 6.83. The Kier molecular flexibility index (Phi) is 9.32. The lowest BCUT2D eigenvalue weighted by Gasteiger charge is -2.48. The molecule has 0 aromatic carbocycles. The smallest absolute Gasteiger partial charge is 0.186 e. The molecule has 0 aromatic heterocycles. The van der Waals surface area contributed by atoms with Crippen LogP contribution in [0.25, 0.3) is 0 Å². The number of hydrogen-bond donors (Lipinski definition) is 7. The highest BCUT2D eigenvalue weighted by Crippen LogP contribution is 2.30. The summed E-state index contributed by atoms with van der Waals surface area (Å²) in [7, 11) is 2.70. The summed E-state index contributed by atoms with van der Waals surface area (Å²) in [6.45, 7) is 1.03. The second-order valence-corrected chi connectivity index (χ2v) is 7.19. The Balaban J connectivity index is 2.27. The molecular formula is C16H31NO10S. The molecule has 0 bridgehead atoms. The first kappa shape index (κ1) is 24.2. The van der Waals surface area contributed by atoms with E-state index in [4.69, 9.17) is 23.7 Å². The Morgan fingerprint density at radius 1 is 0.964 bits per heavy atom. The van der Waals surface area contributed by atoms with Crippen LogP contribution in [0.3, 0.4) is 0 Å². The van der Waals surface area contributed by atoms with Crippen molar-refractivity contribution in [2.24, 2.45) is 0 Å². The molecule has 12 heteroatoms. The number of methoxy groups -OCH3 is 2. The zero-order valence-electron chi connectivity index (χ0n) is 16.0. The second kappa shape index (κ2) is 10.8. The summed E-state index contributed by atoms with van der Waals surface area (Å²) in [4.78, 5) is 0. The molecule has 2 rings (SSSR count). The first-order chi connectivity index (χ1) is 13.3. The van der Waals surface area contributed by atoms with Crippen molar-refractivity contribution in [1.82, 2.24) is 5.32 Å². The molecule has 166 valence electrons. The Labute approximate surface area is 168 Å². The van der Waals surface area contributed by atoms with Crippen LogP contribution >= 0.6 is 12.6 Å². The quantitative estimate of drug-likeness (QED) is 0.154. The Hall–Kier alpha value is -0.0900. The molecule has 0 saturated carbocycles. The molecule has 28 heavy (non-hydrogen) atoms. The van der Waals surface area contributed by atoms with Gasteiger partial charge in [0.1, 0.15) is 42.9 Å². The average molecular weight is 429 g/mol. The summed E-state index contributed by atoms with van der Waals surface area (Å²) >= 11 is 4.11. The highest BCUT2D eigenvalue weighted by atomic mass is 32.1. The van der Waals surface area contributed by atoms with Gasteiger partial charge in [-0.2, -0.15) is 12.6 Å². The molecule has 0 radical (unpaired) electrons. The summed E-state index contributed by atoms with van der Waals surface area (Å²) < 4.78 is 27.6. The number of aliphatic hydroxyl groups is 5. The SMILES string of the molecule is COC1OC(CO)C(OC)C(OC2OC(CS)C(O)C(O)C2NC(C)O)C1O. The molecular weight excluding hydrogens is 398 g/mol. The molecule has 2 saturated heterocycles. The van der Waals surface area contributed by atoms with E-state index in [1.807, 2.05) is 0 Å². The number of nitrogens with one attached hydrogen (secondary N) is 1. The van der Waals surface area contributed by atoms with Crippen molar-refractivity contribution in [1.29, 1.82) is 0 Å². The number of aliphatic hydroxyl groups excluding tert-OH is 5. The maximum atomic E-state index is 10.6. The minimum absolute atomic E-state index is 0.101. The molecule has 2 fully saturated rings. The monoisotopic (exact) mass is 429 g/mol. The number of rotatable bonds is 8. The van der Waals surface area contributed by atoms with Gasteiger partial charge >= 0.3 is 0 Å². The fraction of sp³-hybridized carbons (Fsp3) is 1.00. The topological polar surface area (TPSA) is 159 Å².